The zero-order chi connectivity index (χ0) is 15.2. The van der Waals surface area contributed by atoms with Crippen molar-refractivity contribution in [2.75, 3.05) is 11.1 Å². The van der Waals surface area contributed by atoms with Crippen LogP contribution in [0.5, 0.6) is 0 Å². The van der Waals surface area contributed by atoms with Crippen LogP contribution in [0.4, 0.5) is 5.69 Å². The number of benzene rings is 1. The van der Waals surface area contributed by atoms with Crippen molar-refractivity contribution in [2.24, 2.45) is 5.73 Å². The van der Waals surface area contributed by atoms with Gasteiger partial charge in [-0.25, -0.2) is 0 Å². The number of anilines is 1. The average Bonchev–Trinajstić information content (AvgIpc) is 2.89. The molecule has 112 valence electrons. The molecule has 1 heterocycles. The molecule has 0 aliphatic heterocycles. The second-order valence-corrected chi connectivity index (χ2v) is 5.49. The molecule has 0 saturated carbocycles. The molecule has 0 aliphatic carbocycles. The molecule has 6 nitrogen and oxygen atoms in total. The van der Waals surface area contributed by atoms with Crippen LogP contribution in [0.25, 0.3) is 0 Å². The van der Waals surface area contributed by atoms with E-state index >= 15 is 0 Å². The minimum absolute atomic E-state index is 0.0659. The van der Waals surface area contributed by atoms with Crippen LogP contribution in [0.3, 0.4) is 0 Å². The quantitative estimate of drug-likeness (QED) is 0.795. The molecular formula is C14H19N5OS. The maximum Gasteiger partial charge on any atom is 0.234 e. The van der Waals surface area contributed by atoms with Crippen LogP contribution in [0.15, 0.2) is 29.4 Å². The van der Waals surface area contributed by atoms with Gasteiger partial charge in [-0.2, -0.15) is 0 Å². The molecule has 0 radical (unpaired) electrons. The van der Waals surface area contributed by atoms with Gasteiger partial charge in [0.05, 0.1) is 12.3 Å². The van der Waals surface area contributed by atoms with Gasteiger partial charge in [-0.05, 0) is 26.0 Å². The first-order chi connectivity index (χ1) is 10.1. The van der Waals surface area contributed by atoms with E-state index in [0.717, 1.165) is 28.8 Å². The lowest BCUT2D eigenvalue weighted by atomic mass is 10.2. The number of carbonyl (C=O) groups excluding carboxylic acids is 1. The van der Waals surface area contributed by atoms with Crippen LogP contribution in [0.1, 0.15) is 18.3 Å². The molecule has 3 N–H and O–H groups in total. The molecule has 21 heavy (non-hydrogen) atoms. The number of amides is 1. The second-order valence-electron chi connectivity index (χ2n) is 4.55. The molecule has 0 unspecified atom stereocenters. The number of nitrogens with one attached hydrogen (secondary N) is 1. The van der Waals surface area contributed by atoms with E-state index in [2.05, 4.69) is 15.5 Å². The predicted molar refractivity (Wildman–Crippen MR) is 84.1 cm³/mol. The van der Waals surface area contributed by atoms with Gasteiger partial charge in [-0.1, -0.05) is 29.5 Å². The van der Waals surface area contributed by atoms with Gasteiger partial charge in [0.15, 0.2) is 5.16 Å². The van der Waals surface area contributed by atoms with Gasteiger partial charge >= 0.3 is 0 Å². The Balaban J connectivity index is 1.92. The lowest BCUT2D eigenvalue weighted by molar-refractivity contribution is -0.113. The molecule has 0 saturated heterocycles. The van der Waals surface area contributed by atoms with E-state index in [9.17, 15) is 4.79 Å². The largest absolute Gasteiger partial charge is 0.325 e. The van der Waals surface area contributed by atoms with Crippen molar-refractivity contribution in [1.82, 2.24) is 14.8 Å². The number of aromatic nitrogens is 3. The standard InChI is InChI=1S/C14H19N5OS/c1-3-19-12(8-15)17-18-14(19)21-9-13(20)16-11-6-4-10(2)5-7-11/h4-7H,3,8-9,15H2,1-2H3,(H,16,20). The molecule has 2 aromatic rings. The van der Waals surface area contributed by atoms with Crippen molar-refractivity contribution in [1.29, 1.82) is 0 Å². The van der Waals surface area contributed by atoms with Crippen LogP contribution in [-0.4, -0.2) is 26.4 Å². The van der Waals surface area contributed by atoms with Crippen LogP contribution >= 0.6 is 11.8 Å². The van der Waals surface area contributed by atoms with Gasteiger partial charge in [0.2, 0.25) is 5.91 Å². The van der Waals surface area contributed by atoms with Crippen molar-refractivity contribution < 1.29 is 4.79 Å². The van der Waals surface area contributed by atoms with Crippen LogP contribution in [0, 0.1) is 6.92 Å². The van der Waals surface area contributed by atoms with Crippen molar-refractivity contribution >= 4 is 23.4 Å². The maximum absolute atomic E-state index is 11.9. The Kier molecular flexibility index (Phi) is 5.35. The summed E-state index contributed by atoms with van der Waals surface area (Å²) in [7, 11) is 0. The molecule has 7 heteroatoms. The molecule has 0 fully saturated rings. The molecule has 1 aromatic heterocycles. The van der Waals surface area contributed by atoms with E-state index < -0.39 is 0 Å². The van der Waals surface area contributed by atoms with E-state index in [1.165, 1.54) is 11.8 Å². The first kappa shape index (κ1) is 15.5. The van der Waals surface area contributed by atoms with Crippen molar-refractivity contribution in [3.05, 3.63) is 35.7 Å². The highest BCUT2D eigenvalue weighted by Gasteiger charge is 2.12. The molecule has 0 spiro atoms. The summed E-state index contributed by atoms with van der Waals surface area (Å²) >= 11 is 1.36. The molecule has 0 atom stereocenters. The molecule has 0 aliphatic rings. The number of nitrogens with two attached hydrogens (primary N) is 1. The number of thioether (sulfide) groups is 1. The summed E-state index contributed by atoms with van der Waals surface area (Å²) in [4.78, 5) is 11.9. The second kappa shape index (κ2) is 7.24. The number of carbonyl (C=O) groups is 1. The highest BCUT2D eigenvalue weighted by atomic mass is 32.2. The third-order valence-corrected chi connectivity index (χ3v) is 3.93. The number of hydrogen-bond donors (Lipinski definition) is 2. The lowest BCUT2D eigenvalue weighted by Crippen LogP contribution is -2.15. The number of rotatable bonds is 6. The highest BCUT2D eigenvalue weighted by Crippen LogP contribution is 2.17. The third-order valence-electron chi connectivity index (χ3n) is 2.96. The predicted octanol–water partition coefficient (Wildman–Crippen LogP) is 1.80. The highest BCUT2D eigenvalue weighted by molar-refractivity contribution is 7.99. The van der Waals surface area contributed by atoms with Gasteiger partial charge < -0.3 is 15.6 Å². The first-order valence-corrected chi connectivity index (χ1v) is 7.74. The Hall–Kier alpha value is -1.86. The fourth-order valence-electron chi connectivity index (χ4n) is 1.86. The van der Waals surface area contributed by atoms with E-state index in [0.29, 0.717) is 6.54 Å². The zero-order valence-corrected chi connectivity index (χ0v) is 13.0. The van der Waals surface area contributed by atoms with Crippen LogP contribution in [0.2, 0.25) is 0 Å². The van der Waals surface area contributed by atoms with E-state index in [4.69, 9.17) is 5.73 Å². The molecule has 1 amide bonds. The van der Waals surface area contributed by atoms with Gasteiger partial charge in [-0.3, -0.25) is 4.79 Å². The number of hydrogen-bond acceptors (Lipinski definition) is 5. The van der Waals surface area contributed by atoms with Crippen molar-refractivity contribution in [2.45, 2.75) is 32.1 Å². The summed E-state index contributed by atoms with van der Waals surface area (Å²) in [6, 6.07) is 7.70. The maximum atomic E-state index is 11.9. The Bertz CT molecular complexity index is 608. The summed E-state index contributed by atoms with van der Waals surface area (Å²) in [6.45, 7) is 5.09. The van der Waals surface area contributed by atoms with E-state index in [1.54, 1.807) is 0 Å². The minimum atomic E-state index is -0.0659. The van der Waals surface area contributed by atoms with Gasteiger partial charge in [0, 0.05) is 12.2 Å². The number of nitrogens with zero attached hydrogens (tertiary/aromatic N) is 3. The Labute approximate surface area is 128 Å². The summed E-state index contributed by atoms with van der Waals surface area (Å²) in [5.74, 6) is 0.957. The van der Waals surface area contributed by atoms with E-state index in [-0.39, 0.29) is 11.7 Å². The zero-order valence-electron chi connectivity index (χ0n) is 12.2. The van der Waals surface area contributed by atoms with Crippen molar-refractivity contribution in [3.63, 3.8) is 0 Å². The van der Waals surface area contributed by atoms with Gasteiger partial charge in [0.25, 0.3) is 0 Å². The third kappa shape index (κ3) is 4.05. The summed E-state index contributed by atoms with van der Waals surface area (Å²) in [6.07, 6.45) is 0. The minimum Gasteiger partial charge on any atom is -0.325 e. The summed E-state index contributed by atoms with van der Waals surface area (Å²) in [5, 5.41) is 11.7. The SMILES string of the molecule is CCn1c(CN)nnc1SCC(=O)Nc1ccc(C)cc1. The lowest BCUT2D eigenvalue weighted by Gasteiger charge is -2.07. The summed E-state index contributed by atoms with van der Waals surface area (Å²) in [5.41, 5.74) is 7.55. The smallest absolute Gasteiger partial charge is 0.234 e. The van der Waals surface area contributed by atoms with Crippen LogP contribution in [-0.2, 0) is 17.9 Å². The average molecular weight is 305 g/mol. The topological polar surface area (TPSA) is 85.8 Å². The van der Waals surface area contributed by atoms with E-state index in [1.807, 2.05) is 42.7 Å². The fraction of sp³-hybridized carbons (Fsp3) is 0.357. The Morgan fingerprint density at radius 3 is 2.67 bits per heavy atom. The van der Waals surface area contributed by atoms with Gasteiger partial charge in [0.1, 0.15) is 5.82 Å². The summed E-state index contributed by atoms with van der Waals surface area (Å²) < 4.78 is 1.92. The molecule has 1 aromatic carbocycles. The van der Waals surface area contributed by atoms with Crippen LogP contribution < -0.4 is 11.1 Å². The van der Waals surface area contributed by atoms with Gasteiger partial charge in [-0.15, -0.1) is 10.2 Å². The monoisotopic (exact) mass is 305 g/mol. The normalized spacial score (nSPS) is 10.6. The Morgan fingerprint density at radius 2 is 2.05 bits per heavy atom. The molecule has 0 bridgehead atoms. The Morgan fingerprint density at radius 1 is 1.33 bits per heavy atom. The fourth-order valence-corrected chi connectivity index (χ4v) is 2.68. The first-order valence-electron chi connectivity index (χ1n) is 6.75. The van der Waals surface area contributed by atoms with Crippen molar-refractivity contribution in [3.8, 4) is 0 Å². The molecule has 2 rings (SSSR count). The molecular weight excluding hydrogens is 286 g/mol. The number of aryl methyl sites for hydroxylation is 1.